The first-order valence-electron chi connectivity index (χ1n) is 7.29. The fourth-order valence-electron chi connectivity index (χ4n) is 2.16. The van der Waals surface area contributed by atoms with Crippen LogP contribution in [0, 0.1) is 0 Å². The molecule has 2 nitrogen and oxygen atoms in total. The molecule has 0 aliphatic carbocycles. The maximum atomic E-state index is 12.4. The van der Waals surface area contributed by atoms with E-state index in [9.17, 15) is 4.79 Å². The molecule has 0 amide bonds. The quantitative estimate of drug-likeness (QED) is 0.777. The summed E-state index contributed by atoms with van der Waals surface area (Å²) in [4.78, 5) is 14.6. The molecule has 0 atom stereocenters. The topological polar surface area (TPSA) is 20.3 Å². The molecular formula is C19H23NO. The molecule has 0 unspecified atom stereocenters. The number of Topliss-reactive ketones (excluding diaryl/α,β-unsaturated/α-hetero) is 1. The van der Waals surface area contributed by atoms with E-state index in [0.717, 1.165) is 16.8 Å². The molecule has 0 N–H and O–H groups in total. The molecule has 0 aliphatic rings. The van der Waals surface area contributed by atoms with Crippen LogP contribution in [0.25, 0.3) is 0 Å². The summed E-state index contributed by atoms with van der Waals surface area (Å²) in [6, 6.07) is 17.7. The molecule has 0 heterocycles. The van der Waals surface area contributed by atoms with E-state index < -0.39 is 0 Å². The molecule has 0 radical (unpaired) electrons. The minimum atomic E-state index is 0.0289. The van der Waals surface area contributed by atoms with Gasteiger partial charge in [0.15, 0.2) is 5.78 Å². The van der Waals surface area contributed by atoms with Gasteiger partial charge in [0.1, 0.15) is 0 Å². The zero-order valence-electron chi connectivity index (χ0n) is 13.3. The van der Waals surface area contributed by atoms with Crippen LogP contribution in [0.2, 0.25) is 0 Å². The molecule has 110 valence electrons. The summed E-state index contributed by atoms with van der Waals surface area (Å²) in [5, 5.41) is 0. The van der Waals surface area contributed by atoms with Crippen LogP contribution >= 0.6 is 0 Å². The number of benzene rings is 2. The molecule has 0 fully saturated rings. The van der Waals surface area contributed by atoms with E-state index in [1.807, 2.05) is 54.6 Å². The van der Waals surface area contributed by atoms with Gasteiger partial charge in [0.25, 0.3) is 0 Å². The van der Waals surface area contributed by atoms with Gasteiger partial charge in [-0.1, -0.05) is 42.5 Å². The van der Waals surface area contributed by atoms with Gasteiger partial charge in [0, 0.05) is 30.3 Å². The fraction of sp³-hybridized carbons (Fsp3) is 0.316. The number of ketones is 1. The molecule has 0 aromatic heterocycles. The Labute approximate surface area is 127 Å². The predicted octanol–water partition coefficient (Wildman–Crippen LogP) is 4.35. The van der Waals surface area contributed by atoms with Gasteiger partial charge in [-0.2, -0.15) is 0 Å². The summed E-state index contributed by atoms with van der Waals surface area (Å²) >= 11 is 0. The number of anilines is 1. The zero-order valence-corrected chi connectivity index (χ0v) is 13.3. The third-order valence-corrected chi connectivity index (χ3v) is 3.77. The number of carbonyl (C=O) groups excluding carboxylic acids is 1. The summed E-state index contributed by atoms with van der Waals surface area (Å²) in [5.41, 5.74) is 2.92. The number of nitrogens with zero attached hydrogens (tertiary/aromatic N) is 1. The van der Waals surface area contributed by atoms with Gasteiger partial charge in [-0.05, 0) is 38.5 Å². The van der Waals surface area contributed by atoms with E-state index in [2.05, 4.69) is 32.7 Å². The molecule has 2 heteroatoms. The average molecular weight is 281 g/mol. The van der Waals surface area contributed by atoms with Crippen molar-refractivity contribution in [3.8, 4) is 0 Å². The van der Waals surface area contributed by atoms with Gasteiger partial charge in [0.2, 0.25) is 0 Å². The summed E-state index contributed by atoms with van der Waals surface area (Å²) in [6.07, 6.45) is 0.448. The molecule has 2 aromatic carbocycles. The molecular weight excluding hydrogens is 258 g/mol. The molecule has 0 spiro atoms. The number of hydrogen-bond acceptors (Lipinski definition) is 2. The molecule has 21 heavy (non-hydrogen) atoms. The lowest BCUT2D eigenvalue weighted by Gasteiger charge is -2.34. The number of hydrogen-bond donors (Lipinski definition) is 0. The zero-order chi connectivity index (χ0) is 15.5. The Balaban J connectivity index is 2.19. The van der Waals surface area contributed by atoms with E-state index >= 15 is 0 Å². The Morgan fingerprint density at radius 2 is 1.67 bits per heavy atom. The van der Waals surface area contributed by atoms with Gasteiger partial charge in [-0.25, -0.2) is 0 Å². The lowest BCUT2D eigenvalue weighted by Crippen LogP contribution is -2.38. The predicted molar refractivity (Wildman–Crippen MR) is 89.1 cm³/mol. The standard InChI is InChI=1S/C19H23NO/c1-19(2,3)20(4)17-12-8-11-16(14-17)18(21)13-15-9-6-5-7-10-15/h5-12,14H,13H2,1-4H3. The van der Waals surface area contributed by atoms with Crippen molar-refractivity contribution in [2.24, 2.45) is 0 Å². The van der Waals surface area contributed by atoms with Crippen molar-refractivity contribution in [2.75, 3.05) is 11.9 Å². The van der Waals surface area contributed by atoms with Crippen LogP contribution in [0.4, 0.5) is 5.69 Å². The summed E-state index contributed by atoms with van der Waals surface area (Å²) < 4.78 is 0. The third kappa shape index (κ3) is 3.94. The van der Waals surface area contributed by atoms with Crippen LogP contribution < -0.4 is 4.90 Å². The first-order chi connectivity index (χ1) is 9.88. The SMILES string of the molecule is CN(c1cccc(C(=O)Cc2ccccc2)c1)C(C)(C)C. The van der Waals surface area contributed by atoms with E-state index in [4.69, 9.17) is 0 Å². The first kappa shape index (κ1) is 15.3. The highest BCUT2D eigenvalue weighted by atomic mass is 16.1. The smallest absolute Gasteiger partial charge is 0.167 e. The average Bonchev–Trinajstić information content (AvgIpc) is 2.46. The number of rotatable bonds is 4. The monoisotopic (exact) mass is 281 g/mol. The van der Waals surface area contributed by atoms with Gasteiger partial charge in [-0.3, -0.25) is 4.79 Å². The van der Waals surface area contributed by atoms with E-state index in [1.165, 1.54) is 0 Å². The second kappa shape index (κ2) is 6.13. The summed E-state index contributed by atoms with van der Waals surface area (Å²) in [5.74, 6) is 0.158. The van der Waals surface area contributed by atoms with Crippen LogP contribution in [0.5, 0.6) is 0 Å². The van der Waals surface area contributed by atoms with Crippen LogP contribution in [0.1, 0.15) is 36.7 Å². The van der Waals surface area contributed by atoms with Crippen molar-refractivity contribution in [3.63, 3.8) is 0 Å². The molecule has 2 aromatic rings. The second-order valence-corrected chi connectivity index (χ2v) is 6.37. The Kier molecular flexibility index (Phi) is 4.46. The summed E-state index contributed by atoms with van der Waals surface area (Å²) in [7, 11) is 2.06. The van der Waals surface area contributed by atoms with Crippen LogP contribution in [0.3, 0.4) is 0 Å². The van der Waals surface area contributed by atoms with Crippen molar-refractivity contribution in [1.82, 2.24) is 0 Å². The second-order valence-electron chi connectivity index (χ2n) is 6.37. The first-order valence-corrected chi connectivity index (χ1v) is 7.29. The van der Waals surface area contributed by atoms with Crippen molar-refractivity contribution in [2.45, 2.75) is 32.7 Å². The van der Waals surface area contributed by atoms with Crippen molar-refractivity contribution in [1.29, 1.82) is 0 Å². The van der Waals surface area contributed by atoms with E-state index in [1.54, 1.807) is 0 Å². The minimum Gasteiger partial charge on any atom is -0.370 e. The maximum absolute atomic E-state index is 12.4. The van der Waals surface area contributed by atoms with E-state index in [-0.39, 0.29) is 11.3 Å². The van der Waals surface area contributed by atoms with Gasteiger partial charge < -0.3 is 4.90 Å². The largest absolute Gasteiger partial charge is 0.370 e. The van der Waals surface area contributed by atoms with Crippen molar-refractivity contribution < 1.29 is 4.79 Å². The highest BCUT2D eigenvalue weighted by molar-refractivity contribution is 5.98. The Morgan fingerprint density at radius 1 is 1.00 bits per heavy atom. The normalized spacial score (nSPS) is 11.2. The third-order valence-electron chi connectivity index (χ3n) is 3.77. The highest BCUT2D eigenvalue weighted by Crippen LogP contribution is 2.23. The van der Waals surface area contributed by atoms with Crippen LogP contribution in [-0.4, -0.2) is 18.4 Å². The van der Waals surface area contributed by atoms with Gasteiger partial charge >= 0.3 is 0 Å². The van der Waals surface area contributed by atoms with Crippen molar-refractivity contribution in [3.05, 3.63) is 65.7 Å². The molecule has 0 saturated carbocycles. The lowest BCUT2D eigenvalue weighted by atomic mass is 10.0. The van der Waals surface area contributed by atoms with Crippen LogP contribution in [-0.2, 0) is 6.42 Å². The lowest BCUT2D eigenvalue weighted by molar-refractivity contribution is 0.0993. The molecule has 0 bridgehead atoms. The molecule has 0 saturated heterocycles. The Hall–Kier alpha value is -2.09. The maximum Gasteiger partial charge on any atom is 0.167 e. The molecule has 0 aliphatic heterocycles. The van der Waals surface area contributed by atoms with E-state index in [0.29, 0.717) is 6.42 Å². The fourth-order valence-corrected chi connectivity index (χ4v) is 2.16. The van der Waals surface area contributed by atoms with Gasteiger partial charge in [0.05, 0.1) is 0 Å². The Morgan fingerprint density at radius 3 is 2.29 bits per heavy atom. The summed E-state index contributed by atoms with van der Waals surface area (Å²) in [6.45, 7) is 6.47. The van der Waals surface area contributed by atoms with Gasteiger partial charge in [-0.15, -0.1) is 0 Å². The minimum absolute atomic E-state index is 0.0289. The number of carbonyl (C=O) groups is 1. The Bertz CT molecular complexity index is 611. The molecule has 2 rings (SSSR count). The van der Waals surface area contributed by atoms with Crippen molar-refractivity contribution >= 4 is 11.5 Å². The highest BCUT2D eigenvalue weighted by Gasteiger charge is 2.18. The van der Waals surface area contributed by atoms with Crippen LogP contribution in [0.15, 0.2) is 54.6 Å².